The molecular formula is C34H22N4. The molecule has 0 radical (unpaired) electrons. The third-order valence-electron chi connectivity index (χ3n) is 7.26. The minimum atomic E-state index is 0.874. The molecule has 0 unspecified atom stereocenters. The van der Waals surface area contributed by atoms with Crippen LogP contribution >= 0.6 is 0 Å². The first-order valence-corrected chi connectivity index (χ1v) is 12.8. The summed E-state index contributed by atoms with van der Waals surface area (Å²) < 4.78 is 2.24. The molecule has 1 N–H and O–H groups in total. The molecule has 0 aliphatic heterocycles. The average molecular weight is 487 g/mol. The van der Waals surface area contributed by atoms with Crippen LogP contribution in [0.2, 0.25) is 0 Å². The Morgan fingerprint density at radius 3 is 2.05 bits per heavy atom. The van der Waals surface area contributed by atoms with Gasteiger partial charge in [0.05, 0.1) is 16.6 Å². The molecule has 38 heavy (non-hydrogen) atoms. The molecule has 6 aromatic carbocycles. The number of hydrogen-bond acceptors (Lipinski definition) is 3. The van der Waals surface area contributed by atoms with E-state index in [2.05, 4.69) is 94.8 Å². The number of rotatable bonds is 3. The Morgan fingerprint density at radius 1 is 0.500 bits per heavy atom. The summed E-state index contributed by atoms with van der Waals surface area (Å²) in [6, 6.07) is 44.5. The summed E-state index contributed by atoms with van der Waals surface area (Å²) >= 11 is 0. The normalized spacial score (nSPS) is 11.7. The van der Waals surface area contributed by atoms with Gasteiger partial charge in [0.25, 0.3) is 0 Å². The first-order valence-electron chi connectivity index (χ1n) is 12.8. The van der Waals surface area contributed by atoms with E-state index in [9.17, 15) is 0 Å². The Kier molecular flexibility index (Phi) is 4.49. The van der Waals surface area contributed by atoms with Gasteiger partial charge in [-0.2, -0.15) is 0 Å². The highest BCUT2D eigenvalue weighted by Crippen LogP contribution is 2.33. The Labute approximate surface area is 218 Å². The number of fused-ring (bicyclic) bond motifs is 6. The molecule has 0 aliphatic rings. The van der Waals surface area contributed by atoms with Crippen LogP contribution in [0, 0.1) is 0 Å². The second-order valence-electron chi connectivity index (χ2n) is 9.67. The molecule has 8 rings (SSSR count). The van der Waals surface area contributed by atoms with Gasteiger partial charge in [0.15, 0.2) is 5.65 Å². The lowest BCUT2D eigenvalue weighted by molar-refractivity contribution is 1.14. The van der Waals surface area contributed by atoms with E-state index >= 15 is 0 Å². The van der Waals surface area contributed by atoms with Crippen LogP contribution in [-0.2, 0) is 0 Å². The fraction of sp³-hybridized carbons (Fsp3) is 0. The zero-order chi connectivity index (χ0) is 25.1. The van der Waals surface area contributed by atoms with Crippen LogP contribution in [0.5, 0.6) is 0 Å². The molecule has 0 spiro atoms. The van der Waals surface area contributed by atoms with Crippen molar-refractivity contribution in [1.29, 1.82) is 0 Å². The minimum absolute atomic E-state index is 0.874. The number of anilines is 2. The van der Waals surface area contributed by atoms with E-state index in [1.54, 1.807) is 0 Å². The molecule has 8 aromatic rings. The maximum atomic E-state index is 5.06. The highest BCUT2D eigenvalue weighted by Gasteiger charge is 2.16. The van der Waals surface area contributed by atoms with Crippen molar-refractivity contribution in [1.82, 2.24) is 14.5 Å². The fourth-order valence-electron chi connectivity index (χ4n) is 5.46. The fourth-order valence-corrected chi connectivity index (χ4v) is 5.46. The van der Waals surface area contributed by atoms with Gasteiger partial charge in [-0.15, -0.1) is 0 Å². The highest BCUT2D eigenvalue weighted by atomic mass is 15.1. The number of nitrogens with zero attached hydrogens (tertiary/aromatic N) is 3. The molecule has 0 fully saturated rings. The molecule has 2 aromatic heterocycles. The van der Waals surface area contributed by atoms with Gasteiger partial charge in [-0.3, -0.25) is 4.57 Å². The van der Waals surface area contributed by atoms with Crippen molar-refractivity contribution in [3.63, 3.8) is 0 Å². The molecule has 0 saturated carbocycles. The maximum absolute atomic E-state index is 5.06. The molecule has 0 saturated heterocycles. The Morgan fingerprint density at radius 2 is 1.18 bits per heavy atom. The van der Waals surface area contributed by atoms with Gasteiger partial charge in [-0.25, -0.2) is 9.97 Å². The molecule has 4 heteroatoms. The Hall–Kier alpha value is -5.22. The van der Waals surface area contributed by atoms with Crippen LogP contribution in [0.25, 0.3) is 60.3 Å². The molecule has 0 atom stereocenters. The second kappa shape index (κ2) is 8.15. The summed E-state index contributed by atoms with van der Waals surface area (Å²) in [5.41, 5.74) is 7.94. The van der Waals surface area contributed by atoms with Crippen molar-refractivity contribution < 1.29 is 0 Å². The zero-order valence-corrected chi connectivity index (χ0v) is 20.5. The van der Waals surface area contributed by atoms with E-state index in [4.69, 9.17) is 9.97 Å². The van der Waals surface area contributed by atoms with E-state index < -0.39 is 0 Å². The smallest absolute Gasteiger partial charge is 0.165 e. The van der Waals surface area contributed by atoms with Crippen molar-refractivity contribution in [3.8, 4) is 5.69 Å². The number of hydrogen-bond donors (Lipinski definition) is 1. The van der Waals surface area contributed by atoms with Crippen LogP contribution in [0.3, 0.4) is 0 Å². The summed E-state index contributed by atoms with van der Waals surface area (Å²) in [6.45, 7) is 0. The Balaban J connectivity index is 1.32. The standard InChI is InChI=1S/C34H22N4/c1-2-8-26(9-3-1)35-27-16-14-22-18-23-15-17-28(21-25(23)19-24(22)20-27)38-32-13-7-4-10-29(32)33-34(38)37-31-12-6-5-11-30(31)36-33/h1-21,35H. The number of nitrogens with one attached hydrogen (secondary N) is 1. The van der Waals surface area contributed by atoms with Crippen LogP contribution in [-0.4, -0.2) is 14.5 Å². The van der Waals surface area contributed by atoms with Gasteiger partial charge in [0.2, 0.25) is 0 Å². The molecule has 0 bridgehead atoms. The van der Waals surface area contributed by atoms with Crippen molar-refractivity contribution >= 4 is 66.0 Å². The van der Waals surface area contributed by atoms with Gasteiger partial charge >= 0.3 is 0 Å². The summed E-state index contributed by atoms with van der Waals surface area (Å²) in [5, 5.41) is 9.44. The molecular weight excluding hydrogens is 464 g/mol. The molecule has 178 valence electrons. The van der Waals surface area contributed by atoms with Crippen LogP contribution in [0.15, 0.2) is 127 Å². The van der Waals surface area contributed by atoms with Crippen LogP contribution < -0.4 is 5.32 Å². The van der Waals surface area contributed by atoms with Crippen molar-refractivity contribution in [3.05, 3.63) is 127 Å². The van der Waals surface area contributed by atoms with Gasteiger partial charge in [-0.05, 0) is 88.3 Å². The van der Waals surface area contributed by atoms with E-state index in [0.717, 1.165) is 50.2 Å². The lowest BCUT2D eigenvalue weighted by Crippen LogP contribution is -1.96. The minimum Gasteiger partial charge on any atom is -0.356 e. The van der Waals surface area contributed by atoms with Crippen molar-refractivity contribution in [2.75, 3.05) is 5.32 Å². The van der Waals surface area contributed by atoms with E-state index in [1.807, 2.05) is 42.5 Å². The summed E-state index contributed by atoms with van der Waals surface area (Å²) in [5.74, 6) is 0. The first-order chi connectivity index (χ1) is 18.8. The van der Waals surface area contributed by atoms with E-state index in [-0.39, 0.29) is 0 Å². The van der Waals surface area contributed by atoms with E-state index in [0.29, 0.717) is 0 Å². The van der Waals surface area contributed by atoms with Crippen LogP contribution in [0.1, 0.15) is 0 Å². The summed E-state index contributed by atoms with van der Waals surface area (Å²) in [4.78, 5) is 10.1. The summed E-state index contributed by atoms with van der Waals surface area (Å²) in [7, 11) is 0. The predicted octanol–water partition coefficient (Wildman–Crippen LogP) is 8.78. The predicted molar refractivity (Wildman–Crippen MR) is 159 cm³/mol. The number of aromatic nitrogens is 3. The van der Waals surface area contributed by atoms with Gasteiger partial charge < -0.3 is 5.32 Å². The van der Waals surface area contributed by atoms with Crippen LogP contribution in [0.4, 0.5) is 11.4 Å². The van der Waals surface area contributed by atoms with Gasteiger partial charge in [0, 0.05) is 22.4 Å². The highest BCUT2D eigenvalue weighted by molar-refractivity contribution is 6.08. The molecule has 2 heterocycles. The lowest BCUT2D eigenvalue weighted by Gasteiger charge is -2.11. The lowest BCUT2D eigenvalue weighted by atomic mass is 10.0. The second-order valence-corrected chi connectivity index (χ2v) is 9.67. The molecule has 0 aliphatic carbocycles. The molecule has 0 amide bonds. The maximum Gasteiger partial charge on any atom is 0.165 e. The SMILES string of the molecule is c1ccc(Nc2ccc3cc4ccc(-n5c6ccccc6c6nc7ccccc7nc65)cc4cc3c2)cc1. The quantitative estimate of drug-likeness (QED) is 0.254. The summed E-state index contributed by atoms with van der Waals surface area (Å²) in [6.07, 6.45) is 0. The van der Waals surface area contributed by atoms with Crippen molar-refractivity contribution in [2.24, 2.45) is 0 Å². The molecule has 4 nitrogen and oxygen atoms in total. The van der Waals surface area contributed by atoms with Gasteiger partial charge in [-0.1, -0.05) is 60.7 Å². The zero-order valence-electron chi connectivity index (χ0n) is 20.5. The van der Waals surface area contributed by atoms with Gasteiger partial charge in [0.1, 0.15) is 5.52 Å². The number of para-hydroxylation sites is 4. The number of benzene rings is 6. The Bertz CT molecular complexity index is 2160. The third-order valence-corrected chi connectivity index (χ3v) is 7.26. The third kappa shape index (κ3) is 3.31. The van der Waals surface area contributed by atoms with E-state index in [1.165, 1.54) is 21.5 Å². The monoisotopic (exact) mass is 486 g/mol. The average Bonchev–Trinajstić information content (AvgIpc) is 3.28. The van der Waals surface area contributed by atoms with Crippen molar-refractivity contribution in [2.45, 2.75) is 0 Å². The first kappa shape index (κ1) is 20.9. The largest absolute Gasteiger partial charge is 0.356 e. The topological polar surface area (TPSA) is 42.7 Å².